The number of aromatic nitrogens is 4. The third kappa shape index (κ3) is 1.41. The smallest absolute Gasteiger partial charge is 0.212 e. The molecule has 0 aromatic carbocycles. The Balaban J connectivity index is 2.88. The van der Waals surface area contributed by atoms with Crippen molar-refractivity contribution in [3.8, 4) is 0 Å². The number of hydrogen-bond donors (Lipinski definition) is 0. The summed E-state index contributed by atoms with van der Waals surface area (Å²) < 4.78 is 3.40. The summed E-state index contributed by atoms with van der Waals surface area (Å²) in [5.41, 5.74) is 1.78. The lowest BCUT2D eigenvalue weighted by atomic mass is 10.5. The van der Waals surface area contributed by atoms with Crippen molar-refractivity contribution in [3.63, 3.8) is 0 Å². The third-order valence-electron chi connectivity index (χ3n) is 1.37. The van der Waals surface area contributed by atoms with Gasteiger partial charge in [0.15, 0.2) is 5.65 Å². The number of rotatable bonds is 0. The molecule has 0 bridgehead atoms. The van der Waals surface area contributed by atoms with E-state index in [0.29, 0.717) is 0 Å². The lowest BCUT2D eigenvalue weighted by Gasteiger charge is -1.95. The molecule has 2 rings (SSSR count). The normalized spacial score (nSPS) is 10.9. The standard InChI is InChI=1S/C6H4I2N4/c1-3-2-12-5(4(7)9-3)10-6(8)11-12/h2H,1H3. The predicted octanol–water partition coefficient (Wildman–Crippen LogP) is 1.64. The average Bonchev–Trinajstić information content (AvgIpc) is 2.29. The number of nitrogens with zero attached hydrogens (tertiary/aromatic N) is 4. The van der Waals surface area contributed by atoms with Gasteiger partial charge in [-0.2, -0.15) is 4.98 Å². The molecular formula is C6H4I2N4. The van der Waals surface area contributed by atoms with E-state index in [0.717, 1.165) is 18.9 Å². The first-order valence-corrected chi connectivity index (χ1v) is 5.37. The van der Waals surface area contributed by atoms with Gasteiger partial charge in [-0.15, -0.1) is 5.10 Å². The van der Waals surface area contributed by atoms with E-state index in [4.69, 9.17) is 0 Å². The first kappa shape index (κ1) is 8.60. The Morgan fingerprint density at radius 2 is 2.08 bits per heavy atom. The molecule has 0 saturated heterocycles. The second-order valence-corrected chi connectivity index (χ2v) is 4.31. The van der Waals surface area contributed by atoms with Gasteiger partial charge in [0.25, 0.3) is 0 Å². The maximum Gasteiger partial charge on any atom is 0.212 e. The van der Waals surface area contributed by atoms with Crippen molar-refractivity contribution in [1.82, 2.24) is 19.6 Å². The Morgan fingerprint density at radius 3 is 2.83 bits per heavy atom. The molecule has 2 aromatic rings. The predicted molar refractivity (Wildman–Crippen MR) is 61.0 cm³/mol. The van der Waals surface area contributed by atoms with Crippen LogP contribution < -0.4 is 0 Å². The molecule has 0 fully saturated rings. The van der Waals surface area contributed by atoms with Gasteiger partial charge in [-0.3, -0.25) is 0 Å². The van der Waals surface area contributed by atoms with Gasteiger partial charge in [0.1, 0.15) is 3.70 Å². The minimum atomic E-state index is 0.748. The van der Waals surface area contributed by atoms with Crippen molar-refractivity contribution in [2.45, 2.75) is 6.92 Å². The van der Waals surface area contributed by atoms with E-state index in [2.05, 4.69) is 60.2 Å². The minimum Gasteiger partial charge on any atom is -0.242 e. The Hall–Kier alpha value is 0.01000. The Labute approximate surface area is 96.1 Å². The van der Waals surface area contributed by atoms with E-state index in [9.17, 15) is 0 Å². The fourth-order valence-corrected chi connectivity index (χ4v) is 2.15. The molecule has 0 aliphatic rings. The monoisotopic (exact) mass is 386 g/mol. The van der Waals surface area contributed by atoms with Crippen LogP contribution in [-0.4, -0.2) is 19.6 Å². The van der Waals surface area contributed by atoms with Crippen molar-refractivity contribution < 1.29 is 0 Å². The Morgan fingerprint density at radius 1 is 1.33 bits per heavy atom. The van der Waals surface area contributed by atoms with Gasteiger partial charge in [-0.25, -0.2) is 9.50 Å². The number of fused-ring (bicyclic) bond motifs is 1. The molecule has 62 valence electrons. The summed E-state index contributed by atoms with van der Waals surface area (Å²) >= 11 is 4.25. The van der Waals surface area contributed by atoms with Crippen LogP contribution >= 0.6 is 45.2 Å². The van der Waals surface area contributed by atoms with Gasteiger partial charge >= 0.3 is 0 Å². The molecule has 2 aromatic heterocycles. The van der Waals surface area contributed by atoms with E-state index in [1.54, 1.807) is 4.52 Å². The Bertz CT molecular complexity index is 436. The molecule has 0 spiro atoms. The molecule has 0 N–H and O–H groups in total. The Kier molecular flexibility index (Phi) is 2.19. The fourth-order valence-electron chi connectivity index (χ4n) is 0.939. The summed E-state index contributed by atoms with van der Waals surface area (Å²) in [6.45, 7) is 1.94. The summed E-state index contributed by atoms with van der Waals surface area (Å²) in [7, 11) is 0. The first-order chi connectivity index (χ1) is 5.66. The summed E-state index contributed by atoms with van der Waals surface area (Å²) in [6, 6.07) is 0. The zero-order valence-electron chi connectivity index (χ0n) is 6.12. The lowest BCUT2D eigenvalue weighted by Crippen LogP contribution is -1.95. The number of aryl methyl sites for hydroxylation is 1. The average molecular weight is 386 g/mol. The zero-order valence-corrected chi connectivity index (χ0v) is 10.4. The van der Waals surface area contributed by atoms with Gasteiger partial charge in [-0.1, -0.05) is 0 Å². The van der Waals surface area contributed by atoms with E-state index >= 15 is 0 Å². The van der Waals surface area contributed by atoms with Crippen LogP contribution in [0, 0.1) is 14.5 Å². The maximum atomic E-state index is 4.28. The molecule has 0 unspecified atom stereocenters. The molecule has 0 aliphatic heterocycles. The molecule has 0 amide bonds. The van der Waals surface area contributed by atoms with E-state index in [1.165, 1.54) is 0 Å². The number of hydrogen-bond acceptors (Lipinski definition) is 3. The minimum absolute atomic E-state index is 0.748. The van der Waals surface area contributed by atoms with Crippen molar-refractivity contribution in [1.29, 1.82) is 0 Å². The molecule has 0 radical (unpaired) electrons. The van der Waals surface area contributed by atoms with Crippen molar-refractivity contribution in [3.05, 3.63) is 19.4 Å². The van der Waals surface area contributed by atoms with Gasteiger partial charge < -0.3 is 0 Å². The van der Waals surface area contributed by atoms with E-state index in [1.807, 2.05) is 13.1 Å². The summed E-state index contributed by atoms with van der Waals surface area (Å²) in [4.78, 5) is 8.50. The SMILES string of the molecule is Cc1cn2nc(I)nc2c(I)n1. The van der Waals surface area contributed by atoms with Crippen molar-refractivity contribution >= 4 is 50.8 Å². The molecule has 0 aliphatic carbocycles. The second kappa shape index (κ2) is 3.05. The molecule has 6 heteroatoms. The summed E-state index contributed by atoms with van der Waals surface area (Å²) in [6.07, 6.45) is 1.87. The number of halogens is 2. The first-order valence-electron chi connectivity index (χ1n) is 3.22. The molecule has 0 atom stereocenters. The van der Waals surface area contributed by atoms with Crippen LogP contribution in [0.2, 0.25) is 0 Å². The quantitative estimate of drug-likeness (QED) is 0.647. The van der Waals surface area contributed by atoms with Crippen LogP contribution in [0.15, 0.2) is 6.20 Å². The second-order valence-electron chi connectivity index (χ2n) is 2.32. The van der Waals surface area contributed by atoms with Crippen LogP contribution in [0.3, 0.4) is 0 Å². The summed E-state index contributed by atoms with van der Waals surface area (Å²) in [5.74, 6) is 0. The highest BCUT2D eigenvalue weighted by molar-refractivity contribution is 14.1. The highest BCUT2D eigenvalue weighted by Crippen LogP contribution is 2.10. The van der Waals surface area contributed by atoms with Crippen molar-refractivity contribution in [2.24, 2.45) is 0 Å². The van der Waals surface area contributed by atoms with E-state index < -0.39 is 0 Å². The highest BCUT2D eigenvalue weighted by atomic mass is 127. The van der Waals surface area contributed by atoms with Crippen LogP contribution in [0.1, 0.15) is 5.69 Å². The zero-order chi connectivity index (χ0) is 8.72. The molecule has 4 nitrogen and oxygen atoms in total. The lowest BCUT2D eigenvalue weighted by molar-refractivity contribution is 0.909. The van der Waals surface area contributed by atoms with Gasteiger partial charge in [0.05, 0.1) is 11.9 Å². The molecule has 12 heavy (non-hydrogen) atoms. The molecule has 2 heterocycles. The third-order valence-corrected chi connectivity index (χ3v) is 2.55. The maximum absolute atomic E-state index is 4.28. The van der Waals surface area contributed by atoms with Crippen LogP contribution in [0.25, 0.3) is 5.65 Å². The van der Waals surface area contributed by atoms with Crippen LogP contribution in [0.5, 0.6) is 0 Å². The van der Waals surface area contributed by atoms with Crippen molar-refractivity contribution in [2.75, 3.05) is 0 Å². The summed E-state index contributed by atoms with van der Waals surface area (Å²) in [5, 5.41) is 4.18. The van der Waals surface area contributed by atoms with Crippen LogP contribution in [0.4, 0.5) is 0 Å². The fraction of sp³-hybridized carbons (Fsp3) is 0.167. The van der Waals surface area contributed by atoms with E-state index in [-0.39, 0.29) is 0 Å². The van der Waals surface area contributed by atoms with Gasteiger partial charge in [0.2, 0.25) is 3.83 Å². The van der Waals surface area contributed by atoms with Crippen LogP contribution in [-0.2, 0) is 0 Å². The van der Waals surface area contributed by atoms with Gasteiger partial charge in [-0.05, 0) is 29.5 Å². The highest BCUT2D eigenvalue weighted by Gasteiger charge is 2.05. The molecular weight excluding hydrogens is 382 g/mol. The topological polar surface area (TPSA) is 43.1 Å². The largest absolute Gasteiger partial charge is 0.242 e. The van der Waals surface area contributed by atoms with Gasteiger partial charge in [0, 0.05) is 22.6 Å². The molecule has 0 saturated carbocycles.